The normalized spacial score (nSPS) is 13.1. The maximum atomic E-state index is 6.09. The van der Waals surface area contributed by atoms with E-state index < -0.39 is 0 Å². The highest BCUT2D eigenvalue weighted by molar-refractivity contribution is 6.20. The van der Waals surface area contributed by atoms with Crippen molar-refractivity contribution >= 4 is 22.4 Å². The molecule has 0 spiro atoms. The number of halogens is 1. The van der Waals surface area contributed by atoms with Crippen molar-refractivity contribution in [1.29, 1.82) is 0 Å². The molecule has 0 N–H and O–H groups in total. The van der Waals surface area contributed by atoms with E-state index in [0.29, 0.717) is 0 Å². The Kier molecular flexibility index (Phi) is 4.62. The minimum Gasteiger partial charge on any atom is -0.298 e. The van der Waals surface area contributed by atoms with Gasteiger partial charge in [-0.3, -0.25) is 4.90 Å². The summed E-state index contributed by atoms with van der Waals surface area (Å²) in [6.07, 6.45) is 0. The van der Waals surface area contributed by atoms with E-state index in [9.17, 15) is 0 Å². The molecule has 2 rings (SSSR count). The van der Waals surface area contributed by atoms with Crippen molar-refractivity contribution in [3.05, 3.63) is 48.0 Å². The lowest BCUT2D eigenvalue weighted by Gasteiger charge is -2.22. The van der Waals surface area contributed by atoms with Crippen LogP contribution in [0.1, 0.15) is 19.4 Å². The third-order valence-corrected chi connectivity index (χ3v) is 3.37. The van der Waals surface area contributed by atoms with Crippen LogP contribution in [0.5, 0.6) is 0 Å². The fraction of sp³-hybridized carbons (Fsp3) is 0.375. The Morgan fingerprint density at radius 1 is 1.11 bits per heavy atom. The predicted octanol–water partition coefficient (Wildman–Crippen LogP) is 4.29. The second kappa shape index (κ2) is 6.21. The lowest BCUT2D eigenvalue weighted by atomic mass is 10.0. The molecule has 0 aromatic heterocycles. The minimum atomic E-state index is 0.194. The molecular weight excluding hydrogens is 242 g/mol. The largest absolute Gasteiger partial charge is 0.298 e. The Morgan fingerprint density at radius 3 is 2.56 bits per heavy atom. The molecule has 0 saturated carbocycles. The van der Waals surface area contributed by atoms with Crippen molar-refractivity contribution < 1.29 is 0 Å². The zero-order chi connectivity index (χ0) is 13.0. The Hall–Kier alpha value is -1.05. The molecule has 0 saturated heterocycles. The Labute approximate surface area is 114 Å². The highest BCUT2D eigenvalue weighted by Crippen LogP contribution is 2.20. The van der Waals surface area contributed by atoms with Gasteiger partial charge in [-0.25, -0.2) is 0 Å². The van der Waals surface area contributed by atoms with Crippen LogP contribution in [0.4, 0.5) is 0 Å². The maximum Gasteiger partial charge on any atom is 0.0435 e. The molecule has 0 aliphatic carbocycles. The van der Waals surface area contributed by atoms with Crippen LogP contribution in [0.2, 0.25) is 0 Å². The van der Waals surface area contributed by atoms with Crippen LogP contribution in [0.3, 0.4) is 0 Å². The van der Waals surface area contributed by atoms with E-state index in [1.165, 1.54) is 16.3 Å². The molecule has 0 amide bonds. The molecule has 0 aliphatic heterocycles. The molecule has 1 atom stereocenters. The fourth-order valence-electron chi connectivity index (χ4n) is 2.33. The first kappa shape index (κ1) is 13.4. The highest BCUT2D eigenvalue weighted by atomic mass is 35.5. The van der Waals surface area contributed by atoms with Gasteiger partial charge in [0.05, 0.1) is 0 Å². The lowest BCUT2D eigenvalue weighted by molar-refractivity contribution is 0.284. The van der Waals surface area contributed by atoms with E-state index in [1.54, 1.807) is 0 Å². The molecule has 0 bridgehead atoms. The van der Waals surface area contributed by atoms with Crippen molar-refractivity contribution in [2.45, 2.75) is 25.8 Å². The first-order valence-corrected chi connectivity index (χ1v) is 6.97. The van der Waals surface area contributed by atoms with Crippen molar-refractivity contribution in [1.82, 2.24) is 4.90 Å². The number of hydrogen-bond acceptors (Lipinski definition) is 1. The average molecular weight is 262 g/mol. The van der Waals surface area contributed by atoms with Crippen LogP contribution < -0.4 is 0 Å². The summed E-state index contributed by atoms with van der Waals surface area (Å²) in [7, 11) is 0. The van der Waals surface area contributed by atoms with Gasteiger partial charge in [0, 0.05) is 18.5 Å². The predicted molar refractivity (Wildman–Crippen MR) is 80.2 cm³/mol. The van der Waals surface area contributed by atoms with Gasteiger partial charge in [0.15, 0.2) is 0 Å². The van der Waals surface area contributed by atoms with Gasteiger partial charge in [-0.15, -0.1) is 11.6 Å². The zero-order valence-corrected chi connectivity index (χ0v) is 11.8. The number of hydrogen-bond donors (Lipinski definition) is 0. The molecule has 1 nitrogen and oxygen atoms in total. The third-order valence-electron chi connectivity index (χ3n) is 3.23. The molecule has 2 heteroatoms. The first-order valence-electron chi connectivity index (χ1n) is 6.53. The molecular formula is C16H20ClN. The number of alkyl halides is 1. The minimum absolute atomic E-state index is 0.194. The Bertz CT molecular complexity index is 502. The standard InChI is InChI=1S/C16H20ClN/c1-3-18(11-13(2)17)12-15-9-6-8-14-7-4-5-10-16(14)15/h4-10,13H,3,11-12H2,1-2H3/t13-/m0/s1. The third kappa shape index (κ3) is 3.24. The van der Waals surface area contributed by atoms with E-state index in [0.717, 1.165) is 19.6 Å². The molecule has 0 heterocycles. The highest BCUT2D eigenvalue weighted by Gasteiger charge is 2.08. The molecule has 2 aromatic carbocycles. The summed E-state index contributed by atoms with van der Waals surface area (Å²) in [5, 5.41) is 2.85. The topological polar surface area (TPSA) is 3.24 Å². The SMILES string of the molecule is CCN(Cc1cccc2ccccc12)C[C@H](C)Cl. The fourth-order valence-corrected chi connectivity index (χ4v) is 2.53. The number of fused-ring (bicyclic) bond motifs is 1. The van der Waals surface area contributed by atoms with Crippen LogP contribution in [-0.2, 0) is 6.54 Å². The summed E-state index contributed by atoms with van der Waals surface area (Å²) in [5.41, 5.74) is 1.38. The van der Waals surface area contributed by atoms with Gasteiger partial charge in [-0.1, -0.05) is 49.4 Å². The number of nitrogens with zero attached hydrogens (tertiary/aromatic N) is 1. The van der Waals surface area contributed by atoms with Gasteiger partial charge in [-0.2, -0.15) is 0 Å². The summed E-state index contributed by atoms with van der Waals surface area (Å²) in [4.78, 5) is 2.39. The van der Waals surface area contributed by atoms with Crippen LogP contribution in [0, 0.1) is 0 Å². The van der Waals surface area contributed by atoms with Crippen molar-refractivity contribution in [3.63, 3.8) is 0 Å². The monoisotopic (exact) mass is 261 g/mol. The first-order chi connectivity index (χ1) is 8.70. The van der Waals surface area contributed by atoms with Crippen molar-refractivity contribution in [3.8, 4) is 0 Å². The van der Waals surface area contributed by atoms with Crippen molar-refractivity contribution in [2.24, 2.45) is 0 Å². The number of benzene rings is 2. The van der Waals surface area contributed by atoms with E-state index in [2.05, 4.69) is 54.3 Å². The summed E-state index contributed by atoms with van der Waals surface area (Å²) < 4.78 is 0. The van der Waals surface area contributed by atoms with Gasteiger partial charge in [0.25, 0.3) is 0 Å². The van der Waals surface area contributed by atoms with E-state index in [4.69, 9.17) is 11.6 Å². The van der Waals surface area contributed by atoms with Crippen LogP contribution in [0.15, 0.2) is 42.5 Å². The summed E-state index contributed by atoms with van der Waals surface area (Å²) in [6, 6.07) is 15.1. The van der Waals surface area contributed by atoms with Gasteiger partial charge in [0.2, 0.25) is 0 Å². The molecule has 0 radical (unpaired) electrons. The molecule has 0 aliphatic rings. The molecule has 0 fully saturated rings. The Balaban J connectivity index is 2.25. The zero-order valence-electron chi connectivity index (χ0n) is 11.1. The molecule has 18 heavy (non-hydrogen) atoms. The van der Waals surface area contributed by atoms with E-state index in [1.807, 2.05) is 6.92 Å². The average Bonchev–Trinajstić information content (AvgIpc) is 2.38. The Morgan fingerprint density at radius 2 is 1.83 bits per heavy atom. The quantitative estimate of drug-likeness (QED) is 0.726. The van der Waals surface area contributed by atoms with Gasteiger partial charge in [-0.05, 0) is 29.8 Å². The van der Waals surface area contributed by atoms with Gasteiger partial charge >= 0.3 is 0 Å². The molecule has 2 aromatic rings. The van der Waals surface area contributed by atoms with Crippen LogP contribution in [-0.4, -0.2) is 23.4 Å². The second-order valence-electron chi connectivity index (χ2n) is 4.75. The maximum absolute atomic E-state index is 6.09. The summed E-state index contributed by atoms with van der Waals surface area (Å²) in [5.74, 6) is 0. The van der Waals surface area contributed by atoms with E-state index in [-0.39, 0.29) is 5.38 Å². The van der Waals surface area contributed by atoms with Crippen molar-refractivity contribution in [2.75, 3.05) is 13.1 Å². The molecule has 0 unspecified atom stereocenters. The summed E-state index contributed by atoms with van der Waals surface area (Å²) in [6.45, 7) is 7.16. The van der Waals surface area contributed by atoms with Crippen LogP contribution >= 0.6 is 11.6 Å². The smallest absolute Gasteiger partial charge is 0.0435 e. The van der Waals surface area contributed by atoms with Gasteiger partial charge in [0.1, 0.15) is 0 Å². The number of rotatable bonds is 5. The van der Waals surface area contributed by atoms with Crippen LogP contribution in [0.25, 0.3) is 10.8 Å². The van der Waals surface area contributed by atoms with Gasteiger partial charge < -0.3 is 0 Å². The second-order valence-corrected chi connectivity index (χ2v) is 5.49. The molecule has 96 valence electrons. The summed E-state index contributed by atoms with van der Waals surface area (Å²) >= 11 is 6.09. The lowest BCUT2D eigenvalue weighted by Crippen LogP contribution is -2.28. The van der Waals surface area contributed by atoms with E-state index >= 15 is 0 Å².